The lowest BCUT2D eigenvalue weighted by atomic mass is 10.0. The third kappa shape index (κ3) is 68.6. The van der Waals surface area contributed by atoms with Gasteiger partial charge in [0.25, 0.3) is 0 Å². The molecule has 0 spiro atoms. The maximum Gasteiger partial charge on any atom is 0.306 e. The molecule has 0 saturated carbocycles. The van der Waals surface area contributed by atoms with Gasteiger partial charge in [-0.1, -0.05) is 345 Å². The minimum absolute atomic E-state index is 0.151. The summed E-state index contributed by atoms with van der Waals surface area (Å²) in [5.74, 6) is -2.25. The summed E-state index contributed by atoms with van der Waals surface area (Å²) in [7, 11) is 5.95. The van der Waals surface area contributed by atoms with Crippen molar-refractivity contribution in [2.75, 3.05) is 47.5 Å². The summed E-state index contributed by atoms with van der Waals surface area (Å²) in [6.07, 6.45) is 83.5. The first-order chi connectivity index (χ1) is 41.6. The standard InChI is InChI=1S/C76H141NO8/c1-6-8-10-12-14-16-18-20-22-24-26-28-30-32-34-35-36-37-38-39-41-43-45-47-49-51-53-55-57-59-61-63-65-67-74(79)85-72(71-84-76(75(80)81)82-69-68-77(3,4)5)70-83-73(78)66-64-62-60-58-56-54-52-50-48-46-44-42-40-33-31-29-27-25-23-21-19-17-15-13-11-9-7-2/h8,10,14,16,20,22,26,28,72,76H,6-7,9,11-13,15,17-19,21,23-25,27,29-71H2,1-5H3/b10-8-,16-14-,22-20-,28-26-. The number of ether oxygens (including phenoxy) is 4. The van der Waals surface area contributed by atoms with Crippen molar-refractivity contribution >= 4 is 17.9 Å². The molecule has 0 saturated heterocycles. The Labute approximate surface area is 527 Å². The summed E-state index contributed by atoms with van der Waals surface area (Å²) >= 11 is 0. The van der Waals surface area contributed by atoms with Crippen molar-refractivity contribution in [2.45, 2.75) is 373 Å². The van der Waals surface area contributed by atoms with Crippen LogP contribution in [0.2, 0.25) is 0 Å². The molecule has 0 heterocycles. The lowest BCUT2D eigenvalue weighted by Gasteiger charge is -2.26. The molecule has 0 aliphatic heterocycles. The maximum absolute atomic E-state index is 12.9. The molecule has 9 heteroatoms. The quantitative estimate of drug-likeness (QED) is 0.0195. The van der Waals surface area contributed by atoms with Crippen LogP contribution in [0.1, 0.15) is 361 Å². The Morgan fingerprint density at radius 2 is 0.671 bits per heavy atom. The molecule has 0 aromatic carbocycles. The van der Waals surface area contributed by atoms with Crippen LogP contribution in [0, 0.1) is 0 Å². The van der Waals surface area contributed by atoms with E-state index in [1.807, 2.05) is 21.1 Å². The number of esters is 2. The van der Waals surface area contributed by atoms with Gasteiger partial charge in [-0.3, -0.25) is 9.59 Å². The molecular formula is C76H141NO8. The Bertz CT molecular complexity index is 1530. The minimum atomic E-state index is -1.62. The molecule has 2 atom stereocenters. The van der Waals surface area contributed by atoms with Gasteiger partial charge in [0.2, 0.25) is 0 Å². The smallest absolute Gasteiger partial charge is 0.306 e. The van der Waals surface area contributed by atoms with Gasteiger partial charge in [0, 0.05) is 12.8 Å². The Kier molecular flexibility index (Phi) is 65.0. The van der Waals surface area contributed by atoms with E-state index in [0.717, 1.165) is 64.2 Å². The minimum Gasteiger partial charge on any atom is -0.545 e. The van der Waals surface area contributed by atoms with Crippen LogP contribution in [-0.2, 0) is 33.3 Å². The topological polar surface area (TPSA) is 111 Å². The number of unbranched alkanes of at least 4 members (excludes halogenated alkanes) is 46. The first-order valence-corrected chi connectivity index (χ1v) is 36.8. The molecule has 2 unspecified atom stereocenters. The average molecular weight is 1200 g/mol. The molecule has 498 valence electrons. The number of quaternary nitrogens is 1. The molecule has 0 N–H and O–H groups in total. The zero-order chi connectivity index (χ0) is 61.9. The van der Waals surface area contributed by atoms with Crippen LogP contribution in [0.3, 0.4) is 0 Å². The molecule has 9 nitrogen and oxygen atoms in total. The summed E-state index contributed by atoms with van der Waals surface area (Å²) in [6.45, 7) is 4.71. The fourth-order valence-electron chi connectivity index (χ4n) is 11.0. The zero-order valence-corrected chi connectivity index (χ0v) is 57.0. The zero-order valence-electron chi connectivity index (χ0n) is 57.0. The predicted molar refractivity (Wildman–Crippen MR) is 362 cm³/mol. The Morgan fingerprint density at radius 1 is 0.365 bits per heavy atom. The molecule has 0 aliphatic carbocycles. The third-order valence-corrected chi connectivity index (χ3v) is 16.6. The van der Waals surface area contributed by atoms with Gasteiger partial charge in [-0.25, -0.2) is 0 Å². The van der Waals surface area contributed by atoms with Gasteiger partial charge in [-0.15, -0.1) is 0 Å². The molecule has 0 radical (unpaired) electrons. The van der Waals surface area contributed by atoms with Gasteiger partial charge in [0.1, 0.15) is 13.2 Å². The fraction of sp³-hybridized carbons (Fsp3) is 0.855. The van der Waals surface area contributed by atoms with Gasteiger partial charge < -0.3 is 33.3 Å². The van der Waals surface area contributed by atoms with Gasteiger partial charge in [-0.2, -0.15) is 0 Å². The van der Waals surface area contributed by atoms with E-state index < -0.39 is 24.3 Å². The molecule has 0 fully saturated rings. The van der Waals surface area contributed by atoms with Crippen molar-refractivity contribution in [3.63, 3.8) is 0 Å². The number of allylic oxidation sites excluding steroid dienone is 8. The van der Waals surface area contributed by atoms with Crippen LogP contribution in [0.4, 0.5) is 0 Å². The summed E-state index contributed by atoms with van der Waals surface area (Å²) < 4.78 is 22.8. The highest BCUT2D eigenvalue weighted by atomic mass is 16.7. The third-order valence-electron chi connectivity index (χ3n) is 16.6. The van der Waals surface area contributed by atoms with E-state index in [2.05, 4.69) is 62.5 Å². The predicted octanol–water partition coefficient (Wildman–Crippen LogP) is 21.6. The molecule has 0 aromatic rings. The van der Waals surface area contributed by atoms with Crippen molar-refractivity contribution in [3.8, 4) is 0 Å². The first kappa shape index (κ1) is 82.2. The number of rotatable bonds is 69. The van der Waals surface area contributed by atoms with Crippen LogP contribution < -0.4 is 5.11 Å². The monoisotopic (exact) mass is 1200 g/mol. The van der Waals surface area contributed by atoms with E-state index in [-0.39, 0.29) is 32.2 Å². The summed E-state index contributed by atoms with van der Waals surface area (Å²) in [4.78, 5) is 37.5. The first-order valence-electron chi connectivity index (χ1n) is 36.8. The van der Waals surface area contributed by atoms with E-state index in [1.165, 1.54) is 270 Å². The van der Waals surface area contributed by atoms with E-state index in [1.54, 1.807) is 0 Å². The number of carboxylic acids is 1. The number of nitrogens with zero attached hydrogens (tertiary/aromatic N) is 1. The number of aliphatic carboxylic acids is 1. The van der Waals surface area contributed by atoms with E-state index in [4.69, 9.17) is 18.9 Å². The van der Waals surface area contributed by atoms with Gasteiger partial charge in [0.05, 0.1) is 40.3 Å². The number of hydrogen-bond acceptors (Lipinski definition) is 8. The largest absolute Gasteiger partial charge is 0.545 e. The highest BCUT2D eigenvalue weighted by Crippen LogP contribution is 2.19. The second-order valence-electron chi connectivity index (χ2n) is 26.2. The molecule has 0 rings (SSSR count). The second kappa shape index (κ2) is 67.2. The molecule has 0 bridgehead atoms. The average Bonchev–Trinajstić information content (AvgIpc) is 3.49. The van der Waals surface area contributed by atoms with E-state index in [9.17, 15) is 19.5 Å². The van der Waals surface area contributed by atoms with E-state index >= 15 is 0 Å². The normalized spacial score (nSPS) is 12.9. The summed E-state index contributed by atoms with van der Waals surface area (Å²) in [5.41, 5.74) is 0. The van der Waals surface area contributed by atoms with Crippen molar-refractivity contribution < 1.29 is 42.9 Å². The van der Waals surface area contributed by atoms with Gasteiger partial charge in [0.15, 0.2) is 12.4 Å². The number of carbonyl (C=O) groups excluding carboxylic acids is 3. The molecule has 0 aliphatic rings. The number of hydrogen-bond donors (Lipinski definition) is 0. The van der Waals surface area contributed by atoms with Crippen LogP contribution in [0.15, 0.2) is 48.6 Å². The van der Waals surface area contributed by atoms with Crippen LogP contribution >= 0.6 is 0 Å². The maximum atomic E-state index is 12.9. The van der Waals surface area contributed by atoms with Crippen LogP contribution in [0.25, 0.3) is 0 Å². The van der Waals surface area contributed by atoms with Gasteiger partial charge >= 0.3 is 11.9 Å². The Morgan fingerprint density at radius 3 is 1.00 bits per heavy atom. The van der Waals surface area contributed by atoms with Crippen molar-refractivity contribution in [2.24, 2.45) is 0 Å². The highest BCUT2D eigenvalue weighted by Gasteiger charge is 2.22. The lowest BCUT2D eigenvalue weighted by Crippen LogP contribution is -2.44. The van der Waals surface area contributed by atoms with Crippen LogP contribution in [-0.4, -0.2) is 82.3 Å². The second-order valence-corrected chi connectivity index (χ2v) is 26.2. The number of carbonyl (C=O) groups is 3. The molecule has 0 aromatic heterocycles. The Hall–Kier alpha value is -2.75. The summed E-state index contributed by atoms with van der Waals surface area (Å²) in [5, 5.41) is 11.8. The number of carboxylic acid groups (broad SMARTS) is 1. The van der Waals surface area contributed by atoms with Crippen molar-refractivity contribution in [1.29, 1.82) is 0 Å². The van der Waals surface area contributed by atoms with Crippen molar-refractivity contribution in [3.05, 3.63) is 48.6 Å². The summed E-state index contributed by atoms with van der Waals surface area (Å²) in [6, 6.07) is 0. The number of likely N-dealkylation sites (N-methyl/N-ethyl adjacent to an activating group) is 1. The van der Waals surface area contributed by atoms with Crippen LogP contribution in [0.5, 0.6) is 0 Å². The van der Waals surface area contributed by atoms with E-state index in [0.29, 0.717) is 17.4 Å². The molecule has 0 amide bonds. The lowest BCUT2D eigenvalue weighted by molar-refractivity contribution is -0.870. The molecule has 85 heavy (non-hydrogen) atoms. The highest BCUT2D eigenvalue weighted by molar-refractivity contribution is 5.70. The Balaban J connectivity index is 4.03. The fourth-order valence-corrected chi connectivity index (χ4v) is 11.0. The van der Waals surface area contributed by atoms with Gasteiger partial charge in [-0.05, 0) is 51.4 Å². The molecular weight excluding hydrogens is 1050 g/mol. The SMILES string of the molecule is CC/C=C\C/C=C\C/C=C\C/C=C\CCCCCCCCCCCCCCCCCCCCCCC(=O)OC(COC(=O)CCCCCCCCCCCCCCCCCCCCCCCCCCCCC)COC(OCC[N+](C)(C)C)C(=O)[O-]. The van der Waals surface area contributed by atoms with Crippen molar-refractivity contribution in [1.82, 2.24) is 0 Å².